The molecule has 0 aliphatic carbocycles. The molecule has 0 bridgehead atoms. The molecule has 0 saturated carbocycles. The van der Waals surface area contributed by atoms with E-state index in [2.05, 4.69) is 19.9 Å². The van der Waals surface area contributed by atoms with Crippen molar-refractivity contribution >= 4 is 11.8 Å². The quantitative estimate of drug-likeness (QED) is 0.888. The predicted molar refractivity (Wildman–Crippen MR) is 76.3 cm³/mol. The van der Waals surface area contributed by atoms with E-state index in [0.717, 1.165) is 23.8 Å². The van der Waals surface area contributed by atoms with Crippen molar-refractivity contribution in [2.75, 3.05) is 30.3 Å². The molecule has 1 fully saturated rings. The molecule has 0 amide bonds. The molecule has 1 saturated heterocycles. The Balaban J connectivity index is 1.81. The van der Waals surface area contributed by atoms with Crippen LogP contribution in [0.15, 0.2) is 30.5 Å². The summed E-state index contributed by atoms with van der Waals surface area (Å²) in [5.41, 5.74) is 7.53. The number of anilines is 2. The zero-order valence-electron chi connectivity index (χ0n) is 11.4. The molecule has 2 aromatic rings. The fourth-order valence-electron chi connectivity index (χ4n) is 2.34. The zero-order valence-corrected chi connectivity index (χ0v) is 11.4. The van der Waals surface area contributed by atoms with Crippen LogP contribution in [0, 0.1) is 6.92 Å². The molecule has 0 aromatic carbocycles. The average Bonchev–Trinajstić information content (AvgIpc) is 2.47. The number of hydrogen-bond donors (Lipinski definition) is 1. The van der Waals surface area contributed by atoms with Gasteiger partial charge in [-0.25, -0.2) is 4.98 Å². The third-order valence-corrected chi connectivity index (χ3v) is 3.27. The second-order valence-electron chi connectivity index (χ2n) is 4.79. The van der Waals surface area contributed by atoms with Gasteiger partial charge in [-0.2, -0.15) is 4.98 Å². The summed E-state index contributed by atoms with van der Waals surface area (Å²) in [7, 11) is 0. The predicted octanol–water partition coefficient (Wildman–Crippen LogP) is 1.34. The van der Waals surface area contributed by atoms with E-state index in [4.69, 9.17) is 10.5 Å². The van der Waals surface area contributed by atoms with Gasteiger partial charge in [-0.3, -0.25) is 4.98 Å². The highest BCUT2D eigenvalue weighted by Crippen LogP contribution is 2.24. The molecule has 1 unspecified atom stereocenters. The summed E-state index contributed by atoms with van der Waals surface area (Å²) in [6.07, 6.45) is 1.74. The number of rotatable bonds is 2. The van der Waals surface area contributed by atoms with E-state index in [1.165, 1.54) is 0 Å². The second kappa shape index (κ2) is 5.42. The van der Waals surface area contributed by atoms with Crippen molar-refractivity contribution in [3.63, 3.8) is 0 Å². The fourth-order valence-corrected chi connectivity index (χ4v) is 2.34. The summed E-state index contributed by atoms with van der Waals surface area (Å²) in [6, 6.07) is 7.79. The van der Waals surface area contributed by atoms with E-state index in [-0.39, 0.29) is 6.10 Å². The molecule has 0 radical (unpaired) electrons. The number of nitrogens with two attached hydrogens (primary N) is 1. The molecule has 6 heteroatoms. The molecule has 3 heterocycles. The van der Waals surface area contributed by atoms with Gasteiger partial charge in [0.05, 0.1) is 18.8 Å². The molecular weight excluding hydrogens is 254 g/mol. The van der Waals surface area contributed by atoms with Gasteiger partial charge in [0.1, 0.15) is 11.9 Å². The van der Waals surface area contributed by atoms with Crippen molar-refractivity contribution in [3.05, 3.63) is 41.9 Å². The number of nitrogens with zero attached hydrogens (tertiary/aromatic N) is 4. The maximum absolute atomic E-state index is 5.80. The summed E-state index contributed by atoms with van der Waals surface area (Å²) in [6.45, 7) is 4.06. The number of pyridine rings is 1. The largest absolute Gasteiger partial charge is 0.368 e. The van der Waals surface area contributed by atoms with E-state index in [9.17, 15) is 0 Å². The minimum absolute atomic E-state index is 0.0403. The van der Waals surface area contributed by atoms with Crippen LogP contribution in [0.3, 0.4) is 0 Å². The number of aryl methyl sites for hydroxylation is 1. The van der Waals surface area contributed by atoms with Crippen LogP contribution in [-0.4, -0.2) is 34.6 Å². The number of hydrogen-bond acceptors (Lipinski definition) is 6. The minimum Gasteiger partial charge on any atom is -0.368 e. The van der Waals surface area contributed by atoms with E-state index in [1.807, 2.05) is 31.2 Å². The van der Waals surface area contributed by atoms with Crippen molar-refractivity contribution in [2.45, 2.75) is 13.0 Å². The highest BCUT2D eigenvalue weighted by atomic mass is 16.5. The van der Waals surface area contributed by atoms with E-state index in [0.29, 0.717) is 19.1 Å². The molecule has 2 aromatic heterocycles. The van der Waals surface area contributed by atoms with Crippen LogP contribution in [0.2, 0.25) is 0 Å². The van der Waals surface area contributed by atoms with E-state index >= 15 is 0 Å². The lowest BCUT2D eigenvalue weighted by Crippen LogP contribution is -2.39. The zero-order chi connectivity index (χ0) is 13.9. The van der Waals surface area contributed by atoms with Crippen LogP contribution in [-0.2, 0) is 4.74 Å². The van der Waals surface area contributed by atoms with Gasteiger partial charge in [0.25, 0.3) is 0 Å². The number of aromatic nitrogens is 3. The Morgan fingerprint density at radius 2 is 2.25 bits per heavy atom. The first kappa shape index (κ1) is 12.8. The highest BCUT2D eigenvalue weighted by Gasteiger charge is 2.24. The Labute approximate surface area is 117 Å². The van der Waals surface area contributed by atoms with Gasteiger partial charge in [-0.05, 0) is 19.1 Å². The molecule has 1 aliphatic heterocycles. The van der Waals surface area contributed by atoms with Crippen LogP contribution >= 0.6 is 0 Å². The van der Waals surface area contributed by atoms with Crippen LogP contribution in [0.5, 0.6) is 0 Å². The Hall–Kier alpha value is -2.21. The van der Waals surface area contributed by atoms with Crippen LogP contribution in [0.1, 0.15) is 17.5 Å². The molecule has 20 heavy (non-hydrogen) atoms. The third-order valence-electron chi connectivity index (χ3n) is 3.27. The molecule has 0 spiro atoms. The first-order chi connectivity index (χ1) is 9.72. The fraction of sp³-hybridized carbons (Fsp3) is 0.357. The average molecular weight is 271 g/mol. The first-order valence-corrected chi connectivity index (χ1v) is 6.61. The molecule has 104 valence electrons. The lowest BCUT2D eigenvalue weighted by molar-refractivity contribution is 0.0367. The molecule has 3 rings (SSSR count). The van der Waals surface area contributed by atoms with Crippen LogP contribution < -0.4 is 10.6 Å². The lowest BCUT2D eigenvalue weighted by atomic mass is 10.2. The Morgan fingerprint density at radius 3 is 3.00 bits per heavy atom. The molecule has 1 aliphatic rings. The molecule has 1 atom stereocenters. The Morgan fingerprint density at radius 1 is 1.35 bits per heavy atom. The normalized spacial score (nSPS) is 19.1. The maximum Gasteiger partial charge on any atom is 0.222 e. The summed E-state index contributed by atoms with van der Waals surface area (Å²) in [5.74, 6) is 1.15. The monoisotopic (exact) mass is 271 g/mol. The van der Waals surface area contributed by atoms with Gasteiger partial charge in [0, 0.05) is 24.5 Å². The van der Waals surface area contributed by atoms with Gasteiger partial charge < -0.3 is 15.4 Å². The van der Waals surface area contributed by atoms with Gasteiger partial charge in [-0.1, -0.05) is 6.07 Å². The SMILES string of the molecule is Cc1cc(N2CCOC(c3ccccn3)C2)nc(N)n1. The molecular formula is C14H17N5O. The number of nitrogen functional groups attached to an aromatic ring is 1. The van der Waals surface area contributed by atoms with Gasteiger partial charge >= 0.3 is 0 Å². The van der Waals surface area contributed by atoms with Crippen molar-refractivity contribution < 1.29 is 4.74 Å². The summed E-state index contributed by atoms with van der Waals surface area (Å²) in [4.78, 5) is 14.9. The van der Waals surface area contributed by atoms with Crippen molar-refractivity contribution in [1.29, 1.82) is 0 Å². The van der Waals surface area contributed by atoms with Gasteiger partial charge in [0.2, 0.25) is 5.95 Å². The number of morpholine rings is 1. The van der Waals surface area contributed by atoms with E-state index < -0.39 is 0 Å². The third kappa shape index (κ3) is 2.70. The standard InChI is InChI=1S/C14H17N5O/c1-10-8-13(18-14(15)17-10)19-6-7-20-12(9-19)11-4-2-3-5-16-11/h2-5,8,12H,6-7,9H2,1H3,(H2,15,17,18). The summed E-state index contributed by atoms with van der Waals surface area (Å²) < 4.78 is 5.80. The van der Waals surface area contributed by atoms with E-state index in [1.54, 1.807) is 6.20 Å². The smallest absolute Gasteiger partial charge is 0.222 e. The Bertz CT molecular complexity index is 569. The maximum atomic E-state index is 5.80. The van der Waals surface area contributed by atoms with Crippen molar-refractivity contribution in [2.24, 2.45) is 0 Å². The Kier molecular flexibility index (Phi) is 3.47. The second-order valence-corrected chi connectivity index (χ2v) is 4.79. The minimum atomic E-state index is -0.0403. The van der Waals surface area contributed by atoms with Gasteiger partial charge in [-0.15, -0.1) is 0 Å². The van der Waals surface area contributed by atoms with Crippen molar-refractivity contribution in [3.8, 4) is 0 Å². The summed E-state index contributed by atoms with van der Waals surface area (Å²) in [5, 5.41) is 0. The highest BCUT2D eigenvalue weighted by molar-refractivity contribution is 5.44. The molecule has 2 N–H and O–H groups in total. The topological polar surface area (TPSA) is 77.2 Å². The van der Waals surface area contributed by atoms with Crippen molar-refractivity contribution in [1.82, 2.24) is 15.0 Å². The lowest BCUT2D eigenvalue weighted by Gasteiger charge is -2.33. The first-order valence-electron chi connectivity index (χ1n) is 6.61. The molecule has 6 nitrogen and oxygen atoms in total. The van der Waals surface area contributed by atoms with Gasteiger partial charge in [0.15, 0.2) is 0 Å². The van der Waals surface area contributed by atoms with Crippen LogP contribution in [0.25, 0.3) is 0 Å². The number of ether oxygens (including phenoxy) is 1. The summed E-state index contributed by atoms with van der Waals surface area (Å²) >= 11 is 0. The van der Waals surface area contributed by atoms with Crippen LogP contribution in [0.4, 0.5) is 11.8 Å².